The van der Waals surface area contributed by atoms with Gasteiger partial charge in [-0.2, -0.15) is 8.78 Å². The van der Waals surface area contributed by atoms with Gasteiger partial charge in [-0.25, -0.2) is 0 Å². The molecule has 2 fully saturated rings. The number of benzene rings is 1. The average molecular weight is 324 g/mol. The first-order valence-corrected chi connectivity index (χ1v) is 8.02. The van der Waals surface area contributed by atoms with Gasteiger partial charge in [-0.05, 0) is 25.3 Å². The molecule has 0 aromatic heterocycles. The molecule has 1 spiro atoms. The van der Waals surface area contributed by atoms with Crippen LogP contribution in [0.2, 0.25) is 0 Å². The third kappa shape index (κ3) is 3.32. The fourth-order valence-electron chi connectivity index (χ4n) is 3.74. The van der Waals surface area contributed by atoms with Gasteiger partial charge in [-0.1, -0.05) is 18.2 Å². The molecule has 0 bridgehead atoms. The van der Waals surface area contributed by atoms with Crippen LogP contribution in [0.25, 0.3) is 0 Å². The molecule has 23 heavy (non-hydrogen) atoms. The minimum atomic E-state index is -2.81. The zero-order valence-corrected chi connectivity index (χ0v) is 13.3. The highest BCUT2D eigenvalue weighted by Crippen LogP contribution is 2.38. The number of piperidine rings is 1. The predicted octanol–water partition coefficient (Wildman–Crippen LogP) is 2.87. The maximum Gasteiger partial charge on any atom is 0.387 e. The number of nitrogens with zero attached hydrogens (tertiary/aromatic N) is 2. The van der Waals surface area contributed by atoms with E-state index in [1.165, 1.54) is 0 Å². The number of rotatable bonds is 4. The minimum absolute atomic E-state index is 0.00652. The molecule has 1 aromatic rings. The van der Waals surface area contributed by atoms with Crippen LogP contribution in [0.15, 0.2) is 24.3 Å². The van der Waals surface area contributed by atoms with Crippen molar-refractivity contribution in [3.8, 4) is 5.75 Å². The topological polar surface area (TPSA) is 32.8 Å². The molecule has 4 nitrogen and oxygen atoms in total. The Hall–Kier alpha value is -1.69. The second-order valence-electron chi connectivity index (χ2n) is 6.44. The third-order valence-electron chi connectivity index (χ3n) is 5.26. The number of para-hydroxylation sites is 1. The highest BCUT2D eigenvalue weighted by atomic mass is 19.3. The molecule has 0 atom stereocenters. The third-order valence-corrected chi connectivity index (χ3v) is 5.26. The monoisotopic (exact) mass is 324 g/mol. The molecule has 2 saturated heterocycles. The van der Waals surface area contributed by atoms with Gasteiger partial charge in [0.1, 0.15) is 5.75 Å². The molecule has 0 unspecified atom stereocenters. The van der Waals surface area contributed by atoms with Crippen LogP contribution >= 0.6 is 0 Å². The number of halogens is 2. The maximum absolute atomic E-state index is 12.5. The van der Waals surface area contributed by atoms with Crippen molar-refractivity contribution in [2.45, 2.75) is 44.4 Å². The zero-order chi connectivity index (χ0) is 16.4. The Kier molecular flexibility index (Phi) is 4.53. The Morgan fingerprint density at radius 1 is 1.22 bits per heavy atom. The van der Waals surface area contributed by atoms with Crippen LogP contribution in [-0.2, 0) is 11.3 Å². The zero-order valence-electron chi connectivity index (χ0n) is 13.3. The van der Waals surface area contributed by atoms with Crippen molar-refractivity contribution in [3.63, 3.8) is 0 Å². The van der Waals surface area contributed by atoms with E-state index in [1.54, 1.807) is 12.1 Å². The molecular formula is C17H22F2N2O2. The highest BCUT2D eigenvalue weighted by molar-refractivity contribution is 5.79. The summed E-state index contributed by atoms with van der Waals surface area (Å²) in [5.41, 5.74) is 0.784. The summed E-state index contributed by atoms with van der Waals surface area (Å²) in [4.78, 5) is 16.0. The summed E-state index contributed by atoms with van der Waals surface area (Å²) < 4.78 is 29.6. The lowest BCUT2D eigenvalue weighted by Gasteiger charge is -2.43. The SMILES string of the molecule is CN1C(=O)CCC12CCN(Cc1ccccc1OC(F)F)CC2. The Balaban J connectivity index is 1.62. The van der Waals surface area contributed by atoms with E-state index in [9.17, 15) is 13.6 Å². The molecule has 6 heteroatoms. The number of carbonyl (C=O) groups excluding carboxylic acids is 1. The number of likely N-dealkylation sites (tertiary alicyclic amines) is 2. The number of carbonyl (C=O) groups is 1. The van der Waals surface area contributed by atoms with E-state index in [1.807, 2.05) is 24.1 Å². The Labute approximate surface area is 135 Å². The molecule has 2 aliphatic rings. The van der Waals surface area contributed by atoms with Crippen molar-refractivity contribution in [1.82, 2.24) is 9.80 Å². The molecule has 0 N–H and O–H groups in total. The molecule has 0 radical (unpaired) electrons. The second-order valence-corrected chi connectivity index (χ2v) is 6.44. The first-order chi connectivity index (χ1) is 11.0. The summed E-state index contributed by atoms with van der Waals surface area (Å²) >= 11 is 0. The van der Waals surface area contributed by atoms with Crippen LogP contribution in [0.5, 0.6) is 5.75 Å². The molecule has 0 aliphatic carbocycles. The van der Waals surface area contributed by atoms with Crippen molar-refractivity contribution in [3.05, 3.63) is 29.8 Å². The molecule has 1 aromatic carbocycles. The first-order valence-electron chi connectivity index (χ1n) is 8.02. The Morgan fingerprint density at radius 3 is 2.52 bits per heavy atom. The van der Waals surface area contributed by atoms with Crippen molar-refractivity contribution >= 4 is 5.91 Å². The normalized spacial score (nSPS) is 21.4. The van der Waals surface area contributed by atoms with Gasteiger partial charge < -0.3 is 9.64 Å². The molecule has 2 heterocycles. The lowest BCUT2D eigenvalue weighted by molar-refractivity contribution is -0.130. The first kappa shape index (κ1) is 16.2. The molecule has 126 valence electrons. The van der Waals surface area contributed by atoms with Crippen LogP contribution in [0, 0.1) is 0 Å². The quantitative estimate of drug-likeness (QED) is 0.854. The van der Waals surface area contributed by atoms with E-state index in [4.69, 9.17) is 0 Å². The van der Waals surface area contributed by atoms with Crippen LogP contribution in [-0.4, -0.2) is 48.0 Å². The van der Waals surface area contributed by atoms with Gasteiger partial charge in [-0.15, -0.1) is 0 Å². The second kappa shape index (κ2) is 6.43. The molecule has 1 amide bonds. The van der Waals surface area contributed by atoms with Gasteiger partial charge in [0.05, 0.1) is 0 Å². The van der Waals surface area contributed by atoms with E-state index < -0.39 is 6.61 Å². The fourth-order valence-corrected chi connectivity index (χ4v) is 3.74. The van der Waals surface area contributed by atoms with Gasteiger partial charge in [0.25, 0.3) is 0 Å². The fraction of sp³-hybridized carbons (Fsp3) is 0.588. The van der Waals surface area contributed by atoms with Gasteiger partial charge in [-0.3, -0.25) is 9.69 Å². The number of amides is 1. The van der Waals surface area contributed by atoms with Crippen LogP contribution in [0.1, 0.15) is 31.2 Å². The van der Waals surface area contributed by atoms with Crippen LogP contribution in [0.4, 0.5) is 8.78 Å². The Morgan fingerprint density at radius 2 is 1.91 bits per heavy atom. The van der Waals surface area contributed by atoms with Gasteiger partial charge >= 0.3 is 6.61 Å². The number of ether oxygens (including phenoxy) is 1. The minimum Gasteiger partial charge on any atom is -0.434 e. The molecule has 0 saturated carbocycles. The van der Waals surface area contributed by atoms with E-state index >= 15 is 0 Å². The van der Waals surface area contributed by atoms with Gasteiger partial charge in [0.15, 0.2) is 0 Å². The summed E-state index contributed by atoms with van der Waals surface area (Å²) in [5, 5.41) is 0. The smallest absolute Gasteiger partial charge is 0.387 e. The largest absolute Gasteiger partial charge is 0.434 e. The lowest BCUT2D eigenvalue weighted by atomic mass is 9.85. The van der Waals surface area contributed by atoms with E-state index in [0.717, 1.165) is 37.9 Å². The average Bonchev–Trinajstić information content (AvgIpc) is 2.80. The van der Waals surface area contributed by atoms with Crippen molar-refractivity contribution in [2.24, 2.45) is 0 Å². The van der Waals surface area contributed by atoms with Crippen molar-refractivity contribution in [2.75, 3.05) is 20.1 Å². The van der Waals surface area contributed by atoms with E-state index in [0.29, 0.717) is 13.0 Å². The standard InChI is InChI=1S/C17H22F2N2O2/c1-20-15(22)6-7-17(20)8-10-21(11-9-17)12-13-4-2-3-5-14(13)23-16(18)19/h2-5,16H,6-12H2,1H3. The van der Waals surface area contributed by atoms with Gasteiger partial charge in [0.2, 0.25) is 5.91 Å². The summed E-state index contributed by atoms with van der Waals surface area (Å²) in [5.74, 6) is 0.477. The molecule has 3 rings (SSSR count). The van der Waals surface area contributed by atoms with E-state index in [2.05, 4.69) is 9.64 Å². The number of alkyl halides is 2. The Bertz CT molecular complexity index is 571. The molecular weight excluding hydrogens is 302 g/mol. The molecule has 2 aliphatic heterocycles. The van der Waals surface area contributed by atoms with Gasteiger partial charge in [0, 0.05) is 44.2 Å². The number of hydrogen-bond donors (Lipinski definition) is 0. The van der Waals surface area contributed by atoms with Crippen LogP contribution in [0.3, 0.4) is 0 Å². The summed E-state index contributed by atoms with van der Waals surface area (Å²) in [6, 6.07) is 6.94. The number of hydrogen-bond acceptors (Lipinski definition) is 3. The van der Waals surface area contributed by atoms with Crippen molar-refractivity contribution < 1.29 is 18.3 Å². The maximum atomic E-state index is 12.5. The summed E-state index contributed by atoms with van der Waals surface area (Å²) in [7, 11) is 1.90. The summed E-state index contributed by atoms with van der Waals surface area (Å²) in [6.45, 7) is -0.489. The van der Waals surface area contributed by atoms with Crippen molar-refractivity contribution in [1.29, 1.82) is 0 Å². The summed E-state index contributed by atoms with van der Waals surface area (Å²) in [6.07, 6.45) is 3.45. The lowest BCUT2D eigenvalue weighted by Crippen LogP contribution is -2.51. The van der Waals surface area contributed by atoms with E-state index in [-0.39, 0.29) is 17.2 Å². The van der Waals surface area contributed by atoms with Crippen LogP contribution < -0.4 is 4.74 Å². The highest BCUT2D eigenvalue weighted by Gasteiger charge is 2.44. The predicted molar refractivity (Wildman–Crippen MR) is 82.3 cm³/mol.